The normalized spacial score (nSPS) is 13.6. The summed E-state index contributed by atoms with van der Waals surface area (Å²) in [7, 11) is -1.41. The minimum Gasteiger partial charge on any atom is -0.302 e. The van der Waals surface area contributed by atoms with Crippen LogP contribution in [0, 0.1) is 11.6 Å². The molecule has 1 atom stereocenters. The second-order valence-electron chi connectivity index (χ2n) is 4.11. The molecule has 0 aliphatic heterocycles. The van der Waals surface area contributed by atoms with Crippen molar-refractivity contribution in [1.29, 1.82) is 0 Å². The lowest BCUT2D eigenvalue weighted by atomic mass is 10.1. The molecule has 1 N–H and O–H groups in total. The molecular formula is C11H15F2NOS. The van der Waals surface area contributed by atoms with Crippen molar-refractivity contribution >= 4 is 16.7 Å². The van der Waals surface area contributed by atoms with E-state index in [1.54, 1.807) is 0 Å². The zero-order chi connectivity index (χ0) is 12.3. The Morgan fingerprint density at radius 3 is 2.50 bits per heavy atom. The number of anilines is 1. The van der Waals surface area contributed by atoms with Gasteiger partial charge in [0.2, 0.25) is 0 Å². The van der Waals surface area contributed by atoms with Crippen LogP contribution in [0.4, 0.5) is 14.5 Å². The van der Waals surface area contributed by atoms with Gasteiger partial charge in [-0.15, -0.1) is 0 Å². The lowest BCUT2D eigenvalue weighted by Crippen LogP contribution is -2.30. The molecule has 1 rings (SSSR count). The Morgan fingerprint density at radius 2 is 2.00 bits per heavy atom. The molecule has 0 heterocycles. The predicted molar refractivity (Wildman–Crippen MR) is 62.5 cm³/mol. The molecule has 1 aromatic carbocycles. The van der Waals surface area contributed by atoms with Crippen molar-refractivity contribution in [3.05, 3.63) is 29.8 Å². The van der Waals surface area contributed by atoms with Gasteiger partial charge in [-0.2, -0.15) is 0 Å². The van der Waals surface area contributed by atoms with E-state index in [0.29, 0.717) is 6.42 Å². The summed E-state index contributed by atoms with van der Waals surface area (Å²) < 4.78 is 39.9. The second-order valence-corrected chi connectivity index (χ2v) is 5.95. The maximum absolute atomic E-state index is 13.3. The van der Waals surface area contributed by atoms with Crippen molar-refractivity contribution in [2.45, 2.75) is 31.9 Å². The maximum Gasteiger partial charge on any atom is 0.150 e. The molecule has 1 aromatic rings. The number of rotatable bonds is 4. The molecule has 0 bridgehead atoms. The first-order chi connectivity index (χ1) is 7.36. The number of halogens is 2. The summed E-state index contributed by atoms with van der Waals surface area (Å²) >= 11 is 0. The SMILES string of the molecule is CCC(C)(C)S(=O)Nc1ccc(F)cc1F. The highest BCUT2D eigenvalue weighted by atomic mass is 32.2. The molecule has 0 aliphatic rings. The topological polar surface area (TPSA) is 29.1 Å². The molecule has 0 amide bonds. The molecule has 0 saturated carbocycles. The molecular weight excluding hydrogens is 232 g/mol. The largest absolute Gasteiger partial charge is 0.302 e. The Kier molecular flexibility index (Phi) is 4.02. The number of nitrogens with one attached hydrogen (secondary N) is 1. The van der Waals surface area contributed by atoms with E-state index < -0.39 is 27.4 Å². The van der Waals surface area contributed by atoms with Gasteiger partial charge in [0.15, 0.2) is 0 Å². The number of hydrogen-bond acceptors (Lipinski definition) is 1. The Morgan fingerprint density at radius 1 is 1.38 bits per heavy atom. The summed E-state index contributed by atoms with van der Waals surface area (Å²) in [5, 5.41) is 0. The molecule has 0 radical (unpaired) electrons. The van der Waals surface area contributed by atoms with Gasteiger partial charge in [-0.05, 0) is 32.4 Å². The van der Waals surface area contributed by atoms with Crippen LogP contribution in [0.2, 0.25) is 0 Å². The summed E-state index contributed by atoms with van der Waals surface area (Å²) in [6.45, 7) is 5.54. The lowest BCUT2D eigenvalue weighted by Gasteiger charge is -2.22. The fourth-order valence-electron chi connectivity index (χ4n) is 0.941. The summed E-state index contributed by atoms with van der Waals surface area (Å²) in [6.07, 6.45) is 0.690. The van der Waals surface area contributed by atoms with Crippen LogP contribution in [0.1, 0.15) is 27.2 Å². The van der Waals surface area contributed by atoms with Crippen LogP contribution in [0.5, 0.6) is 0 Å². The quantitative estimate of drug-likeness (QED) is 0.869. The Hall–Kier alpha value is -0.970. The van der Waals surface area contributed by atoms with E-state index in [9.17, 15) is 13.0 Å². The first-order valence-electron chi connectivity index (χ1n) is 5.00. The van der Waals surface area contributed by atoms with Crippen LogP contribution in [0.25, 0.3) is 0 Å². The van der Waals surface area contributed by atoms with E-state index in [1.807, 2.05) is 20.8 Å². The van der Waals surface area contributed by atoms with Crippen LogP contribution in [-0.2, 0) is 11.0 Å². The number of hydrogen-bond donors (Lipinski definition) is 1. The Balaban J connectivity index is 2.85. The zero-order valence-corrected chi connectivity index (χ0v) is 10.3. The van der Waals surface area contributed by atoms with Gasteiger partial charge in [0.05, 0.1) is 10.4 Å². The van der Waals surface area contributed by atoms with Gasteiger partial charge in [0, 0.05) is 6.07 Å². The highest BCUT2D eigenvalue weighted by molar-refractivity contribution is 7.87. The second kappa shape index (κ2) is 4.91. The van der Waals surface area contributed by atoms with E-state index in [2.05, 4.69) is 4.72 Å². The molecule has 0 spiro atoms. The molecule has 0 fully saturated rings. The van der Waals surface area contributed by atoms with E-state index >= 15 is 0 Å². The van der Waals surface area contributed by atoms with E-state index in [0.717, 1.165) is 12.1 Å². The molecule has 90 valence electrons. The van der Waals surface area contributed by atoms with Gasteiger partial charge in [-0.3, -0.25) is 0 Å². The van der Waals surface area contributed by atoms with Gasteiger partial charge in [0.1, 0.15) is 22.6 Å². The summed E-state index contributed by atoms with van der Waals surface area (Å²) in [5.41, 5.74) is 0.0567. The van der Waals surface area contributed by atoms with E-state index in [1.165, 1.54) is 6.07 Å². The van der Waals surface area contributed by atoms with Gasteiger partial charge in [0.25, 0.3) is 0 Å². The molecule has 0 aliphatic carbocycles. The van der Waals surface area contributed by atoms with Gasteiger partial charge < -0.3 is 4.72 Å². The first kappa shape index (κ1) is 13.1. The maximum atomic E-state index is 13.3. The van der Waals surface area contributed by atoms with Gasteiger partial charge in [-0.25, -0.2) is 13.0 Å². The minimum absolute atomic E-state index is 0.0567. The standard InChI is InChI=1S/C11H15F2NOS/c1-4-11(2,3)16(15)14-10-6-5-8(12)7-9(10)13/h5-7,14H,4H2,1-3H3. The minimum atomic E-state index is -1.41. The van der Waals surface area contributed by atoms with E-state index in [-0.39, 0.29) is 5.69 Å². The third kappa shape index (κ3) is 3.01. The lowest BCUT2D eigenvalue weighted by molar-refractivity contribution is 0.585. The smallest absolute Gasteiger partial charge is 0.150 e. The summed E-state index contributed by atoms with van der Waals surface area (Å²) in [5.74, 6) is -1.39. The van der Waals surface area contributed by atoms with Crippen molar-refractivity contribution in [2.24, 2.45) is 0 Å². The van der Waals surface area contributed by atoms with Gasteiger partial charge in [-0.1, -0.05) is 6.92 Å². The van der Waals surface area contributed by atoms with Crippen molar-refractivity contribution in [2.75, 3.05) is 4.72 Å². The van der Waals surface area contributed by atoms with Crippen LogP contribution >= 0.6 is 0 Å². The molecule has 0 saturated heterocycles. The van der Waals surface area contributed by atoms with Crippen LogP contribution < -0.4 is 4.72 Å². The average molecular weight is 247 g/mol. The monoisotopic (exact) mass is 247 g/mol. The van der Waals surface area contributed by atoms with Crippen molar-refractivity contribution in [1.82, 2.24) is 0 Å². The van der Waals surface area contributed by atoms with Crippen molar-refractivity contribution in [3.63, 3.8) is 0 Å². The molecule has 16 heavy (non-hydrogen) atoms. The fourth-order valence-corrected chi connectivity index (χ4v) is 1.85. The van der Waals surface area contributed by atoms with Crippen molar-refractivity contribution in [3.8, 4) is 0 Å². The fraction of sp³-hybridized carbons (Fsp3) is 0.455. The first-order valence-corrected chi connectivity index (χ1v) is 6.15. The Labute approximate surface area is 96.6 Å². The van der Waals surface area contributed by atoms with Crippen LogP contribution in [0.3, 0.4) is 0 Å². The molecule has 5 heteroatoms. The summed E-state index contributed by atoms with van der Waals surface area (Å²) in [6, 6.07) is 3.13. The zero-order valence-electron chi connectivity index (χ0n) is 9.51. The average Bonchev–Trinajstić information content (AvgIpc) is 2.22. The predicted octanol–water partition coefficient (Wildman–Crippen LogP) is 3.23. The van der Waals surface area contributed by atoms with Gasteiger partial charge >= 0.3 is 0 Å². The van der Waals surface area contributed by atoms with Crippen LogP contribution in [-0.4, -0.2) is 8.96 Å². The summed E-state index contributed by atoms with van der Waals surface area (Å²) in [4.78, 5) is 0. The molecule has 2 nitrogen and oxygen atoms in total. The van der Waals surface area contributed by atoms with Crippen LogP contribution in [0.15, 0.2) is 18.2 Å². The third-order valence-corrected chi connectivity index (χ3v) is 4.18. The molecule has 1 unspecified atom stereocenters. The highest BCUT2D eigenvalue weighted by Crippen LogP contribution is 2.22. The van der Waals surface area contributed by atoms with E-state index in [4.69, 9.17) is 0 Å². The Bertz CT molecular complexity index is 407. The third-order valence-electron chi connectivity index (χ3n) is 2.49. The highest BCUT2D eigenvalue weighted by Gasteiger charge is 2.24. The number of benzene rings is 1. The van der Waals surface area contributed by atoms with Crippen molar-refractivity contribution < 1.29 is 13.0 Å². The molecule has 0 aromatic heterocycles.